The second-order valence-corrected chi connectivity index (χ2v) is 8.55. The molecule has 4 aromatic rings. The number of benzene rings is 2. The zero-order valence-electron chi connectivity index (χ0n) is 16.2. The van der Waals surface area contributed by atoms with Crippen LogP contribution >= 0.6 is 0 Å². The standard InChI is InChI=1S/C21H19N3O4S/c1-27-18-10-6-15(12-19(18)28-2)21-23-22-20-11-7-16(13-24(20)21)14-4-8-17(9-5-14)29(3,25)26/h4-13H,1-3H3. The molecule has 0 saturated heterocycles. The maximum Gasteiger partial charge on any atom is 0.175 e. The first-order chi connectivity index (χ1) is 13.9. The lowest BCUT2D eigenvalue weighted by molar-refractivity contribution is 0.355. The number of ether oxygens (including phenoxy) is 2. The summed E-state index contributed by atoms with van der Waals surface area (Å²) in [4.78, 5) is 0.289. The lowest BCUT2D eigenvalue weighted by atomic mass is 10.1. The van der Waals surface area contributed by atoms with E-state index in [2.05, 4.69) is 10.2 Å². The van der Waals surface area contributed by atoms with Crippen LogP contribution in [0.3, 0.4) is 0 Å². The number of pyridine rings is 1. The number of sulfone groups is 1. The molecule has 0 aliphatic rings. The number of methoxy groups -OCH3 is 2. The van der Waals surface area contributed by atoms with Gasteiger partial charge in [-0.15, -0.1) is 10.2 Å². The van der Waals surface area contributed by atoms with Crippen molar-refractivity contribution in [3.05, 3.63) is 60.8 Å². The summed E-state index contributed by atoms with van der Waals surface area (Å²) < 4.78 is 35.9. The summed E-state index contributed by atoms with van der Waals surface area (Å²) in [5.74, 6) is 1.90. The lowest BCUT2D eigenvalue weighted by Crippen LogP contribution is -1.96. The largest absolute Gasteiger partial charge is 0.493 e. The number of aromatic nitrogens is 3. The summed E-state index contributed by atoms with van der Waals surface area (Å²) in [5, 5.41) is 8.55. The van der Waals surface area contributed by atoms with Gasteiger partial charge in [0.25, 0.3) is 0 Å². The average molecular weight is 409 g/mol. The van der Waals surface area contributed by atoms with Gasteiger partial charge in [0, 0.05) is 18.0 Å². The van der Waals surface area contributed by atoms with Crippen molar-refractivity contribution in [2.75, 3.05) is 20.5 Å². The third kappa shape index (κ3) is 3.54. The molecule has 148 valence electrons. The summed E-state index contributed by atoms with van der Waals surface area (Å²) >= 11 is 0. The van der Waals surface area contributed by atoms with Gasteiger partial charge in [0.15, 0.2) is 32.8 Å². The molecule has 0 aliphatic carbocycles. The Balaban J connectivity index is 1.79. The fourth-order valence-electron chi connectivity index (χ4n) is 3.13. The monoisotopic (exact) mass is 409 g/mol. The highest BCUT2D eigenvalue weighted by atomic mass is 32.2. The molecule has 0 N–H and O–H groups in total. The van der Waals surface area contributed by atoms with E-state index < -0.39 is 9.84 Å². The topological polar surface area (TPSA) is 82.8 Å². The summed E-state index contributed by atoms with van der Waals surface area (Å²) in [7, 11) is -0.0562. The molecule has 0 radical (unpaired) electrons. The van der Waals surface area contributed by atoms with Gasteiger partial charge in [0.05, 0.1) is 19.1 Å². The second kappa shape index (κ2) is 7.21. The molecule has 2 aromatic carbocycles. The summed E-state index contributed by atoms with van der Waals surface area (Å²) in [6, 6.07) is 16.2. The van der Waals surface area contributed by atoms with Gasteiger partial charge < -0.3 is 9.47 Å². The zero-order chi connectivity index (χ0) is 20.6. The lowest BCUT2D eigenvalue weighted by Gasteiger charge is -2.09. The van der Waals surface area contributed by atoms with Crippen molar-refractivity contribution in [2.45, 2.75) is 4.90 Å². The molecule has 29 heavy (non-hydrogen) atoms. The van der Waals surface area contributed by atoms with Gasteiger partial charge in [-0.3, -0.25) is 4.40 Å². The average Bonchev–Trinajstić information content (AvgIpc) is 3.16. The van der Waals surface area contributed by atoms with Crippen LogP contribution in [-0.4, -0.2) is 43.5 Å². The molecular formula is C21H19N3O4S. The molecule has 0 bridgehead atoms. The van der Waals surface area contributed by atoms with E-state index in [9.17, 15) is 8.42 Å². The number of hydrogen-bond acceptors (Lipinski definition) is 6. The van der Waals surface area contributed by atoms with Crippen molar-refractivity contribution in [1.82, 2.24) is 14.6 Å². The second-order valence-electron chi connectivity index (χ2n) is 6.54. The molecule has 2 heterocycles. The summed E-state index contributed by atoms with van der Waals surface area (Å²) in [6.07, 6.45) is 3.12. The Kier molecular flexibility index (Phi) is 4.71. The van der Waals surface area contributed by atoms with E-state index in [0.717, 1.165) is 16.7 Å². The van der Waals surface area contributed by atoms with Crippen LogP contribution in [-0.2, 0) is 9.84 Å². The fourth-order valence-corrected chi connectivity index (χ4v) is 3.76. The van der Waals surface area contributed by atoms with Crippen molar-refractivity contribution < 1.29 is 17.9 Å². The van der Waals surface area contributed by atoms with Crippen molar-refractivity contribution in [2.24, 2.45) is 0 Å². The minimum absolute atomic E-state index is 0.289. The molecule has 0 unspecified atom stereocenters. The minimum Gasteiger partial charge on any atom is -0.493 e. The highest BCUT2D eigenvalue weighted by Crippen LogP contribution is 2.32. The fraction of sp³-hybridized carbons (Fsp3) is 0.143. The van der Waals surface area contributed by atoms with Crippen LogP contribution in [0.2, 0.25) is 0 Å². The molecule has 0 saturated carbocycles. The van der Waals surface area contributed by atoms with Crippen LogP contribution in [0.15, 0.2) is 65.7 Å². The molecule has 4 rings (SSSR count). The van der Waals surface area contributed by atoms with Gasteiger partial charge >= 0.3 is 0 Å². The Morgan fingerprint density at radius 2 is 1.45 bits per heavy atom. The Hall–Kier alpha value is -3.39. The first-order valence-electron chi connectivity index (χ1n) is 8.78. The van der Waals surface area contributed by atoms with Crippen molar-refractivity contribution >= 4 is 15.5 Å². The van der Waals surface area contributed by atoms with Crippen LogP contribution in [0.25, 0.3) is 28.2 Å². The first kappa shape index (κ1) is 18.9. The Morgan fingerprint density at radius 3 is 2.10 bits per heavy atom. The SMILES string of the molecule is COc1ccc(-c2nnc3ccc(-c4ccc(S(C)(=O)=O)cc4)cn23)cc1OC. The number of fused-ring (bicyclic) bond motifs is 1. The van der Waals surface area contributed by atoms with Gasteiger partial charge in [-0.25, -0.2) is 8.42 Å². The van der Waals surface area contributed by atoms with E-state index in [1.807, 2.05) is 40.9 Å². The Bertz CT molecular complexity index is 1300. The van der Waals surface area contributed by atoms with Crippen LogP contribution in [0.1, 0.15) is 0 Å². The first-order valence-corrected chi connectivity index (χ1v) is 10.7. The normalized spacial score (nSPS) is 11.6. The summed E-state index contributed by atoms with van der Waals surface area (Å²) in [6.45, 7) is 0. The zero-order valence-corrected chi connectivity index (χ0v) is 17.0. The Labute approximate surface area is 168 Å². The molecule has 0 atom stereocenters. The van der Waals surface area contributed by atoms with Crippen LogP contribution in [0.4, 0.5) is 0 Å². The van der Waals surface area contributed by atoms with Gasteiger partial charge in [-0.05, 0) is 53.6 Å². The predicted octanol–water partition coefficient (Wildman–Crippen LogP) is 3.48. The minimum atomic E-state index is -3.23. The van der Waals surface area contributed by atoms with Gasteiger partial charge in [0.2, 0.25) is 0 Å². The van der Waals surface area contributed by atoms with Gasteiger partial charge in [0.1, 0.15) is 0 Å². The molecule has 0 fully saturated rings. The number of nitrogens with zero attached hydrogens (tertiary/aromatic N) is 3. The maximum atomic E-state index is 11.7. The number of hydrogen-bond donors (Lipinski definition) is 0. The van der Waals surface area contributed by atoms with E-state index in [1.54, 1.807) is 38.5 Å². The van der Waals surface area contributed by atoms with Crippen LogP contribution in [0.5, 0.6) is 11.5 Å². The maximum absolute atomic E-state index is 11.7. The van der Waals surface area contributed by atoms with E-state index >= 15 is 0 Å². The number of rotatable bonds is 5. The highest BCUT2D eigenvalue weighted by Gasteiger charge is 2.13. The molecule has 0 spiro atoms. The molecule has 0 amide bonds. The van der Waals surface area contributed by atoms with Crippen LogP contribution < -0.4 is 9.47 Å². The molecular weight excluding hydrogens is 390 g/mol. The van der Waals surface area contributed by atoms with Crippen LogP contribution in [0, 0.1) is 0 Å². The van der Waals surface area contributed by atoms with Crippen molar-refractivity contribution in [1.29, 1.82) is 0 Å². The van der Waals surface area contributed by atoms with E-state index in [0.29, 0.717) is 23.0 Å². The van der Waals surface area contributed by atoms with E-state index in [4.69, 9.17) is 9.47 Å². The molecule has 2 aromatic heterocycles. The predicted molar refractivity (Wildman–Crippen MR) is 110 cm³/mol. The van der Waals surface area contributed by atoms with Crippen molar-refractivity contribution in [3.8, 4) is 34.0 Å². The van der Waals surface area contributed by atoms with Crippen molar-refractivity contribution in [3.63, 3.8) is 0 Å². The van der Waals surface area contributed by atoms with Gasteiger partial charge in [-0.2, -0.15) is 0 Å². The van der Waals surface area contributed by atoms with Gasteiger partial charge in [-0.1, -0.05) is 12.1 Å². The van der Waals surface area contributed by atoms with E-state index in [1.165, 1.54) is 6.26 Å². The quantitative estimate of drug-likeness (QED) is 0.502. The molecule has 7 nitrogen and oxygen atoms in total. The molecule has 8 heteroatoms. The third-order valence-corrected chi connectivity index (χ3v) is 5.79. The van der Waals surface area contributed by atoms with E-state index in [-0.39, 0.29) is 4.90 Å². The molecule has 0 aliphatic heterocycles. The Morgan fingerprint density at radius 1 is 0.793 bits per heavy atom. The third-order valence-electron chi connectivity index (χ3n) is 4.66. The summed E-state index contributed by atoms with van der Waals surface area (Å²) in [5.41, 5.74) is 3.34. The highest BCUT2D eigenvalue weighted by molar-refractivity contribution is 7.90. The smallest absolute Gasteiger partial charge is 0.175 e.